The van der Waals surface area contributed by atoms with Crippen molar-refractivity contribution in [1.29, 1.82) is 0 Å². The van der Waals surface area contributed by atoms with Crippen LogP contribution in [-0.4, -0.2) is 35.1 Å². The molecule has 1 N–H and O–H groups in total. The van der Waals surface area contributed by atoms with Crippen molar-refractivity contribution in [3.63, 3.8) is 0 Å². The lowest BCUT2D eigenvalue weighted by atomic mass is 10.1. The molecule has 0 saturated heterocycles. The Kier molecular flexibility index (Phi) is 10.3. The van der Waals surface area contributed by atoms with Gasteiger partial charge in [-0.3, -0.25) is 9.59 Å². The predicted molar refractivity (Wildman–Crippen MR) is 127 cm³/mol. The van der Waals surface area contributed by atoms with Crippen molar-refractivity contribution < 1.29 is 9.59 Å². The Morgan fingerprint density at radius 2 is 1.67 bits per heavy atom. The highest BCUT2D eigenvalue weighted by molar-refractivity contribution is 7.99. The molecule has 0 aromatic heterocycles. The molecule has 0 unspecified atom stereocenters. The fourth-order valence-corrected chi connectivity index (χ4v) is 4.62. The highest BCUT2D eigenvalue weighted by Gasteiger charge is 2.26. The number of hydrogen-bond donors (Lipinski definition) is 1. The van der Waals surface area contributed by atoms with Gasteiger partial charge >= 0.3 is 0 Å². The van der Waals surface area contributed by atoms with Gasteiger partial charge in [0.25, 0.3) is 0 Å². The van der Waals surface area contributed by atoms with Gasteiger partial charge in [0.1, 0.15) is 6.04 Å². The molecule has 162 valence electrons. The van der Waals surface area contributed by atoms with E-state index in [0.717, 1.165) is 17.5 Å². The molecular formula is C22H25Cl3N2O2S. The monoisotopic (exact) mass is 486 g/mol. The van der Waals surface area contributed by atoms with E-state index in [0.29, 0.717) is 27.4 Å². The van der Waals surface area contributed by atoms with Gasteiger partial charge < -0.3 is 10.2 Å². The number of amides is 2. The number of nitrogens with zero attached hydrogens (tertiary/aromatic N) is 1. The van der Waals surface area contributed by atoms with Crippen LogP contribution in [0.15, 0.2) is 42.5 Å². The number of carbonyl (C=O) groups excluding carboxylic acids is 2. The van der Waals surface area contributed by atoms with Crippen molar-refractivity contribution in [2.75, 3.05) is 12.3 Å². The van der Waals surface area contributed by atoms with Crippen molar-refractivity contribution >= 4 is 58.4 Å². The lowest BCUT2D eigenvalue weighted by Crippen LogP contribution is -2.48. The van der Waals surface area contributed by atoms with E-state index < -0.39 is 6.04 Å². The standard InChI is InChI=1S/C22H25Cl3N2O2S/c1-3-11-26-22(29)15(2)27(12-16-7-4-5-8-18(16)23)21(28)14-30-13-17-19(24)9-6-10-20(17)25/h4-10,15H,3,11-14H2,1-2H3,(H,26,29)/t15-/m1/s1. The molecule has 0 aliphatic heterocycles. The van der Waals surface area contributed by atoms with Crippen molar-refractivity contribution in [3.8, 4) is 0 Å². The number of thioether (sulfide) groups is 1. The second-order valence-corrected chi connectivity index (χ2v) is 8.98. The predicted octanol–water partition coefficient (Wildman–Crippen LogP) is 5.82. The Hall–Kier alpha value is -1.40. The summed E-state index contributed by atoms with van der Waals surface area (Å²) in [6, 6.07) is 12.0. The zero-order valence-electron chi connectivity index (χ0n) is 17.0. The number of hydrogen-bond acceptors (Lipinski definition) is 3. The smallest absolute Gasteiger partial charge is 0.242 e. The molecule has 2 aromatic rings. The molecule has 30 heavy (non-hydrogen) atoms. The van der Waals surface area contributed by atoms with E-state index >= 15 is 0 Å². The molecule has 1 atom stereocenters. The molecule has 2 aromatic carbocycles. The van der Waals surface area contributed by atoms with E-state index in [-0.39, 0.29) is 24.1 Å². The summed E-state index contributed by atoms with van der Waals surface area (Å²) >= 11 is 20.1. The maximum absolute atomic E-state index is 13.1. The average molecular weight is 488 g/mol. The van der Waals surface area contributed by atoms with Crippen LogP contribution in [0.2, 0.25) is 15.1 Å². The van der Waals surface area contributed by atoms with Crippen molar-refractivity contribution in [2.24, 2.45) is 0 Å². The molecule has 2 rings (SSSR count). The van der Waals surface area contributed by atoms with Gasteiger partial charge in [-0.15, -0.1) is 11.8 Å². The first-order chi connectivity index (χ1) is 14.3. The van der Waals surface area contributed by atoms with Crippen LogP contribution >= 0.6 is 46.6 Å². The third kappa shape index (κ3) is 7.09. The summed E-state index contributed by atoms with van der Waals surface area (Å²) in [6.45, 7) is 4.53. The van der Waals surface area contributed by atoms with Crippen LogP contribution in [0.4, 0.5) is 0 Å². The second kappa shape index (κ2) is 12.5. The highest BCUT2D eigenvalue weighted by atomic mass is 35.5. The summed E-state index contributed by atoms with van der Waals surface area (Å²) in [5, 5.41) is 4.56. The Morgan fingerprint density at radius 3 is 2.30 bits per heavy atom. The summed E-state index contributed by atoms with van der Waals surface area (Å²) < 4.78 is 0. The topological polar surface area (TPSA) is 49.4 Å². The molecule has 0 aliphatic rings. The van der Waals surface area contributed by atoms with Crippen LogP contribution in [-0.2, 0) is 21.9 Å². The summed E-state index contributed by atoms with van der Waals surface area (Å²) in [4.78, 5) is 27.1. The third-order valence-electron chi connectivity index (χ3n) is 4.55. The normalized spacial score (nSPS) is 11.8. The highest BCUT2D eigenvalue weighted by Crippen LogP contribution is 2.28. The Bertz CT molecular complexity index is 859. The van der Waals surface area contributed by atoms with Gasteiger partial charge in [0.15, 0.2) is 0 Å². The van der Waals surface area contributed by atoms with Crippen LogP contribution in [0.1, 0.15) is 31.4 Å². The average Bonchev–Trinajstić information content (AvgIpc) is 2.72. The van der Waals surface area contributed by atoms with Gasteiger partial charge in [-0.1, -0.05) is 66.0 Å². The van der Waals surface area contributed by atoms with Gasteiger partial charge in [0.2, 0.25) is 11.8 Å². The zero-order valence-corrected chi connectivity index (χ0v) is 20.0. The van der Waals surface area contributed by atoms with E-state index in [2.05, 4.69) is 5.32 Å². The fraction of sp³-hybridized carbons (Fsp3) is 0.364. The molecule has 0 spiro atoms. The number of carbonyl (C=O) groups is 2. The number of rotatable bonds is 10. The molecule has 8 heteroatoms. The van der Waals surface area contributed by atoms with Gasteiger partial charge in [-0.25, -0.2) is 0 Å². The van der Waals surface area contributed by atoms with E-state index in [1.54, 1.807) is 36.1 Å². The molecule has 4 nitrogen and oxygen atoms in total. The summed E-state index contributed by atoms with van der Waals surface area (Å²) in [5.74, 6) is 0.358. The van der Waals surface area contributed by atoms with Crippen molar-refractivity contribution in [2.45, 2.75) is 38.6 Å². The molecule has 0 saturated carbocycles. The van der Waals surface area contributed by atoms with Crippen molar-refractivity contribution in [1.82, 2.24) is 10.2 Å². The van der Waals surface area contributed by atoms with Crippen LogP contribution < -0.4 is 5.32 Å². The Labute approximate surface area is 197 Å². The largest absolute Gasteiger partial charge is 0.354 e. The first-order valence-corrected chi connectivity index (χ1v) is 11.9. The lowest BCUT2D eigenvalue weighted by Gasteiger charge is -2.29. The quantitative estimate of drug-likeness (QED) is 0.459. The Morgan fingerprint density at radius 1 is 1.03 bits per heavy atom. The third-order valence-corrected chi connectivity index (χ3v) is 6.57. The molecule has 0 radical (unpaired) electrons. The first kappa shape index (κ1) is 24.9. The first-order valence-electron chi connectivity index (χ1n) is 9.66. The minimum Gasteiger partial charge on any atom is -0.354 e. The molecule has 0 bridgehead atoms. The summed E-state index contributed by atoms with van der Waals surface area (Å²) in [7, 11) is 0. The van der Waals surface area contributed by atoms with E-state index in [1.807, 2.05) is 25.1 Å². The Balaban J connectivity index is 2.11. The van der Waals surface area contributed by atoms with Gasteiger partial charge in [0.05, 0.1) is 5.75 Å². The second-order valence-electron chi connectivity index (χ2n) is 6.77. The van der Waals surface area contributed by atoms with Gasteiger partial charge in [0, 0.05) is 33.9 Å². The maximum Gasteiger partial charge on any atom is 0.242 e. The molecule has 0 fully saturated rings. The summed E-state index contributed by atoms with van der Waals surface area (Å²) in [5.41, 5.74) is 1.59. The van der Waals surface area contributed by atoms with Crippen LogP contribution in [0.3, 0.4) is 0 Å². The van der Waals surface area contributed by atoms with E-state index in [1.165, 1.54) is 11.8 Å². The van der Waals surface area contributed by atoms with Crippen LogP contribution in [0.25, 0.3) is 0 Å². The van der Waals surface area contributed by atoms with Crippen LogP contribution in [0.5, 0.6) is 0 Å². The maximum atomic E-state index is 13.1. The number of benzene rings is 2. The van der Waals surface area contributed by atoms with Gasteiger partial charge in [-0.2, -0.15) is 0 Å². The zero-order chi connectivity index (χ0) is 22.1. The van der Waals surface area contributed by atoms with Crippen LogP contribution in [0, 0.1) is 0 Å². The van der Waals surface area contributed by atoms with Gasteiger partial charge in [-0.05, 0) is 42.7 Å². The molecule has 0 aliphatic carbocycles. The number of nitrogens with one attached hydrogen (secondary N) is 1. The molecule has 2 amide bonds. The molecular weight excluding hydrogens is 463 g/mol. The minimum atomic E-state index is -0.621. The van der Waals surface area contributed by atoms with Crippen molar-refractivity contribution in [3.05, 3.63) is 68.7 Å². The molecule has 0 heterocycles. The minimum absolute atomic E-state index is 0.151. The lowest BCUT2D eigenvalue weighted by molar-refractivity contribution is -0.138. The number of halogens is 3. The van der Waals surface area contributed by atoms with E-state index in [9.17, 15) is 9.59 Å². The summed E-state index contributed by atoms with van der Waals surface area (Å²) in [6.07, 6.45) is 0.825. The SMILES string of the molecule is CCCNC(=O)[C@@H](C)N(Cc1ccccc1Cl)C(=O)CSCc1c(Cl)cccc1Cl. The fourth-order valence-electron chi connectivity index (χ4n) is 2.78. The van der Waals surface area contributed by atoms with E-state index in [4.69, 9.17) is 34.8 Å².